The highest BCUT2D eigenvalue weighted by atomic mass is 16.6. The van der Waals surface area contributed by atoms with Crippen LogP contribution in [0.5, 0.6) is 0 Å². The van der Waals surface area contributed by atoms with Crippen molar-refractivity contribution in [3.63, 3.8) is 0 Å². The van der Waals surface area contributed by atoms with Crippen LogP contribution in [0.4, 0.5) is 5.69 Å². The maximum Gasteiger partial charge on any atom is 0.287 e. The summed E-state index contributed by atoms with van der Waals surface area (Å²) in [5, 5.41) is 28.5. The van der Waals surface area contributed by atoms with E-state index in [-0.39, 0.29) is 17.7 Å². The van der Waals surface area contributed by atoms with Crippen molar-refractivity contribution in [3.8, 4) is 12.1 Å². The molecule has 0 bridgehead atoms. The van der Waals surface area contributed by atoms with Crippen LogP contribution in [-0.4, -0.2) is 4.92 Å². The smallest absolute Gasteiger partial charge is 0.258 e. The Bertz CT molecular complexity index is 524. The minimum Gasteiger partial charge on any atom is -0.258 e. The molecule has 5 heteroatoms. The fourth-order valence-corrected chi connectivity index (χ4v) is 1.68. The lowest BCUT2D eigenvalue weighted by molar-refractivity contribution is -0.385. The summed E-state index contributed by atoms with van der Waals surface area (Å²) in [5.74, 6) is 0. The van der Waals surface area contributed by atoms with Crippen LogP contribution in [-0.2, 0) is 12.8 Å². The largest absolute Gasteiger partial charge is 0.287 e. The Morgan fingerprint density at radius 1 is 1.41 bits per heavy atom. The van der Waals surface area contributed by atoms with E-state index in [1.165, 1.54) is 6.07 Å². The molecule has 0 aliphatic heterocycles. The molecule has 0 N–H and O–H groups in total. The van der Waals surface area contributed by atoms with Crippen molar-refractivity contribution >= 4 is 5.69 Å². The van der Waals surface area contributed by atoms with Crippen LogP contribution in [0.15, 0.2) is 12.1 Å². The number of hydrogen-bond acceptors (Lipinski definition) is 4. The minimum atomic E-state index is -0.571. The van der Waals surface area contributed by atoms with Gasteiger partial charge in [-0.1, -0.05) is 19.4 Å². The van der Waals surface area contributed by atoms with Crippen molar-refractivity contribution in [1.29, 1.82) is 10.5 Å². The van der Waals surface area contributed by atoms with E-state index in [4.69, 9.17) is 10.5 Å². The molecule has 0 spiro atoms. The summed E-state index contributed by atoms with van der Waals surface area (Å²) in [6, 6.07) is 6.84. The van der Waals surface area contributed by atoms with Crippen molar-refractivity contribution in [2.45, 2.75) is 26.2 Å². The molecule has 86 valence electrons. The third kappa shape index (κ3) is 2.79. The van der Waals surface area contributed by atoms with Crippen LogP contribution < -0.4 is 0 Å². The lowest BCUT2D eigenvalue weighted by Gasteiger charge is -2.05. The Morgan fingerprint density at radius 3 is 2.59 bits per heavy atom. The molecule has 1 aromatic carbocycles. The van der Waals surface area contributed by atoms with Crippen molar-refractivity contribution in [3.05, 3.63) is 38.9 Å². The molecule has 0 aromatic heterocycles. The van der Waals surface area contributed by atoms with Gasteiger partial charge in [0.25, 0.3) is 5.69 Å². The van der Waals surface area contributed by atoms with Gasteiger partial charge in [0.05, 0.1) is 17.4 Å². The number of nitriles is 2. The summed E-state index contributed by atoms with van der Waals surface area (Å²) in [5.41, 5.74) is 1.14. The topological polar surface area (TPSA) is 90.7 Å². The molecule has 0 unspecified atom stereocenters. The first-order valence-electron chi connectivity index (χ1n) is 5.21. The fraction of sp³-hybridized carbons (Fsp3) is 0.333. The van der Waals surface area contributed by atoms with Gasteiger partial charge in [-0.15, -0.1) is 0 Å². The normalized spacial score (nSPS) is 9.35. The second kappa shape index (κ2) is 5.62. The summed E-state index contributed by atoms with van der Waals surface area (Å²) in [6.07, 6.45) is 1.51. The lowest BCUT2D eigenvalue weighted by atomic mass is 9.98. The highest BCUT2D eigenvalue weighted by Crippen LogP contribution is 2.25. The molecular formula is C12H11N3O2. The minimum absolute atomic E-state index is 0.110. The summed E-state index contributed by atoms with van der Waals surface area (Å²) in [7, 11) is 0. The van der Waals surface area contributed by atoms with Gasteiger partial charge >= 0.3 is 0 Å². The number of benzene rings is 1. The number of nitro groups is 1. The van der Waals surface area contributed by atoms with Crippen LogP contribution in [0.1, 0.15) is 30.0 Å². The lowest BCUT2D eigenvalue weighted by Crippen LogP contribution is -2.00. The van der Waals surface area contributed by atoms with E-state index in [0.717, 1.165) is 6.42 Å². The van der Waals surface area contributed by atoms with Crippen LogP contribution >= 0.6 is 0 Å². The molecule has 0 amide bonds. The summed E-state index contributed by atoms with van der Waals surface area (Å²) < 4.78 is 0. The van der Waals surface area contributed by atoms with E-state index < -0.39 is 4.92 Å². The Kier molecular flexibility index (Phi) is 4.19. The van der Waals surface area contributed by atoms with Crippen LogP contribution in [0.25, 0.3) is 0 Å². The molecule has 1 aromatic rings. The van der Waals surface area contributed by atoms with Gasteiger partial charge in [0.2, 0.25) is 0 Å². The number of nitrogens with zero attached hydrogens (tertiary/aromatic N) is 3. The maximum atomic E-state index is 10.9. The van der Waals surface area contributed by atoms with Crippen molar-refractivity contribution in [2.24, 2.45) is 0 Å². The quantitative estimate of drug-likeness (QED) is 0.585. The first kappa shape index (κ1) is 12.7. The Hall–Kier alpha value is -2.40. The van der Waals surface area contributed by atoms with Gasteiger partial charge in [-0.3, -0.25) is 10.1 Å². The van der Waals surface area contributed by atoms with Crippen molar-refractivity contribution in [1.82, 2.24) is 0 Å². The first-order chi connectivity index (χ1) is 8.13. The first-order valence-corrected chi connectivity index (χ1v) is 5.21. The van der Waals surface area contributed by atoms with E-state index in [0.29, 0.717) is 17.5 Å². The summed E-state index contributed by atoms with van der Waals surface area (Å²) in [6.45, 7) is 1.93. The molecule has 17 heavy (non-hydrogen) atoms. The number of rotatable bonds is 4. The van der Waals surface area contributed by atoms with Crippen molar-refractivity contribution < 1.29 is 4.92 Å². The molecule has 0 radical (unpaired) electrons. The van der Waals surface area contributed by atoms with Crippen LogP contribution in [0.3, 0.4) is 0 Å². The Labute approximate surface area is 99.1 Å². The van der Waals surface area contributed by atoms with Crippen LogP contribution in [0, 0.1) is 32.8 Å². The van der Waals surface area contributed by atoms with E-state index in [2.05, 4.69) is 0 Å². The van der Waals surface area contributed by atoms with Gasteiger partial charge in [-0.05, 0) is 17.5 Å². The third-order valence-electron chi connectivity index (χ3n) is 2.37. The number of hydrogen-bond donors (Lipinski definition) is 0. The van der Waals surface area contributed by atoms with Crippen molar-refractivity contribution in [2.75, 3.05) is 0 Å². The maximum absolute atomic E-state index is 10.9. The average molecular weight is 229 g/mol. The molecule has 0 aliphatic carbocycles. The second-order valence-corrected chi connectivity index (χ2v) is 3.60. The van der Waals surface area contributed by atoms with E-state index >= 15 is 0 Å². The highest BCUT2D eigenvalue weighted by Gasteiger charge is 2.18. The Balaban J connectivity index is 3.42. The third-order valence-corrected chi connectivity index (χ3v) is 2.37. The number of nitro benzene ring substituents is 1. The van der Waals surface area contributed by atoms with Crippen LogP contribution in [0.2, 0.25) is 0 Å². The molecular weight excluding hydrogens is 218 g/mol. The average Bonchev–Trinajstić information content (AvgIpc) is 2.29. The van der Waals surface area contributed by atoms with E-state index in [9.17, 15) is 10.1 Å². The molecule has 1 rings (SSSR count). The van der Waals surface area contributed by atoms with E-state index in [1.54, 1.807) is 6.07 Å². The zero-order chi connectivity index (χ0) is 12.8. The standard InChI is InChI=1S/C12H11N3O2/c1-2-3-10-6-9(4-5-13)7-12(15(16)17)11(10)8-14/h6-7H,2-4H2,1H3. The summed E-state index contributed by atoms with van der Waals surface area (Å²) >= 11 is 0. The van der Waals surface area contributed by atoms with Gasteiger partial charge in [-0.2, -0.15) is 10.5 Å². The van der Waals surface area contributed by atoms with Gasteiger partial charge in [0.1, 0.15) is 11.6 Å². The predicted molar refractivity (Wildman–Crippen MR) is 61.1 cm³/mol. The second-order valence-electron chi connectivity index (χ2n) is 3.60. The van der Waals surface area contributed by atoms with Gasteiger partial charge in [0, 0.05) is 6.07 Å². The molecule has 0 fully saturated rings. The molecule has 0 heterocycles. The molecule has 0 atom stereocenters. The predicted octanol–water partition coefficient (Wildman–Crippen LogP) is 2.49. The van der Waals surface area contributed by atoms with Gasteiger partial charge in [0.15, 0.2) is 0 Å². The zero-order valence-corrected chi connectivity index (χ0v) is 9.43. The van der Waals surface area contributed by atoms with Gasteiger partial charge in [-0.25, -0.2) is 0 Å². The SMILES string of the molecule is CCCc1cc(CC#N)cc([N+](=O)[O-])c1C#N. The highest BCUT2D eigenvalue weighted by molar-refractivity contribution is 5.56. The molecule has 5 nitrogen and oxygen atoms in total. The number of aryl methyl sites for hydroxylation is 1. The van der Waals surface area contributed by atoms with E-state index in [1.807, 2.05) is 19.1 Å². The monoisotopic (exact) mass is 229 g/mol. The fourth-order valence-electron chi connectivity index (χ4n) is 1.68. The molecule has 0 saturated heterocycles. The molecule has 0 aliphatic rings. The summed E-state index contributed by atoms with van der Waals surface area (Å²) in [4.78, 5) is 10.3. The Morgan fingerprint density at radius 2 is 2.12 bits per heavy atom. The van der Waals surface area contributed by atoms with Gasteiger partial charge < -0.3 is 0 Å². The zero-order valence-electron chi connectivity index (χ0n) is 9.43. The molecule has 0 saturated carbocycles.